The van der Waals surface area contributed by atoms with Crippen LogP contribution in [-0.2, 0) is 26.1 Å². The predicted octanol–water partition coefficient (Wildman–Crippen LogP) is 2.39. The lowest BCUT2D eigenvalue weighted by atomic mass is 10.1. The lowest BCUT2D eigenvalue weighted by molar-refractivity contribution is -0.132. The number of carbonyl (C=O) groups is 1. The van der Waals surface area contributed by atoms with Crippen LogP contribution in [0.25, 0.3) is 10.7 Å². The fourth-order valence-corrected chi connectivity index (χ4v) is 5.83. The lowest BCUT2D eigenvalue weighted by Gasteiger charge is -2.27. The average Bonchev–Trinajstić information content (AvgIpc) is 3.48. The van der Waals surface area contributed by atoms with Gasteiger partial charge in [0.15, 0.2) is 0 Å². The molecular weight excluding hydrogens is 424 g/mol. The normalized spacial score (nSPS) is 20.0. The van der Waals surface area contributed by atoms with E-state index in [1.54, 1.807) is 16.8 Å². The number of likely N-dealkylation sites (tertiary alicyclic amines) is 1. The fraction of sp³-hybridized carbons (Fsp3) is 0.600. The molecule has 2 saturated heterocycles. The van der Waals surface area contributed by atoms with Crippen molar-refractivity contribution in [3.05, 3.63) is 23.3 Å². The first-order chi connectivity index (χ1) is 14.4. The van der Waals surface area contributed by atoms with Crippen LogP contribution in [0.1, 0.15) is 37.8 Å². The molecule has 0 radical (unpaired) electrons. The van der Waals surface area contributed by atoms with E-state index in [2.05, 4.69) is 9.71 Å². The number of amides is 1. The zero-order valence-electron chi connectivity index (χ0n) is 17.2. The van der Waals surface area contributed by atoms with E-state index in [0.29, 0.717) is 17.3 Å². The van der Waals surface area contributed by atoms with E-state index in [4.69, 9.17) is 4.74 Å². The summed E-state index contributed by atoms with van der Waals surface area (Å²) in [4.78, 5) is 19.3. The van der Waals surface area contributed by atoms with Crippen LogP contribution in [0.4, 0.5) is 0 Å². The number of piperidine rings is 1. The fourth-order valence-electron chi connectivity index (χ4n) is 3.89. The SMILES string of the molecule is Cc1csc(-c2cc(S(=O)(=O)NCC3CCCO3)cn2CC(=O)N2CCCCC2)n1. The van der Waals surface area contributed by atoms with Gasteiger partial charge in [-0.05, 0) is 45.1 Å². The molecule has 1 amide bonds. The molecule has 30 heavy (non-hydrogen) atoms. The number of ether oxygens (including phenoxy) is 1. The molecule has 8 nitrogen and oxygen atoms in total. The first-order valence-electron chi connectivity index (χ1n) is 10.4. The van der Waals surface area contributed by atoms with Crippen molar-refractivity contribution in [3.63, 3.8) is 0 Å². The Morgan fingerprint density at radius 2 is 2.10 bits per heavy atom. The molecule has 2 aliphatic heterocycles. The average molecular weight is 453 g/mol. The third kappa shape index (κ3) is 4.93. The van der Waals surface area contributed by atoms with Crippen molar-refractivity contribution in [1.29, 1.82) is 0 Å². The lowest BCUT2D eigenvalue weighted by Crippen LogP contribution is -2.37. The van der Waals surface area contributed by atoms with Crippen molar-refractivity contribution >= 4 is 27.3 Å². The molecule has 0 saturated carbocycles. The zero-order chi connectivity index (χ0) is 21.1. The molecule has 1 N–H and O–H groups in total. The number of hydrogen-bond donors (Lipinski definition) is 1. The van der Waals surface area contributed by atoms with Gasteiger partial charge in [0.2, 0.25) is 15.9 Å². The molecule has 2 aromatic rings. The molecule has 2 aromatic heterocycles. The Kier molecular flexibility index (Phi) is 6.57. The van der Waals surface area contributed by atoms with E-state index in [1.807, 2.05) is 17.2 Å². The third-order valence-electron chi connectivity index (χ3n) is 5.56. The Morgan fingerprint density at radius 1 is 1.30 bits per heavy atom. The van der Waals surface area contributed by atoms with E-state index in [0.717, 1.165) is 50.9 Å². The summed E-state index contributed by atoms with van der Waals surface area (Å²) in [6, 6.07) is 1.61. The van der Waals surface area contributed by atoms with Gasteiger partial charge in [-0.2, -0.15) is 0 Å². The monoisotopic (exact) mass is 452 g/mol. The molecule has 4 rings (SSSR count). The molecule has 10 heteroatoms. The summed E-state index contributed by atoms with van der Waals surface area (Å²) >= 11 is 1.45. The molecule has 1 unspecified atom stereocenters. The molecule has 0 bridgehead atoms. The number of hydrogen-bond acceptors (Lipinski definition) is 6. The standard InChI is InChI=1S/C20H28N4O4S2/c1-15-14-29-20(22-15)18-10-17(30(26,27)21-11-16-6-5-9-28-16)12-24(18)13-19(25)23-7-3-2-4-8-23/h10,12,14,16,21H,2-9,11,13H2,1H3. The highest BCUT2D eigenvalue weighted by Gasteiger charge is 2.25. The van der Waals surface area contributed by atoms with Gasteiger partial charge in [-0.1, -0.05) is 0 Å². The van der Waals surface area contributed by atoms with E-state index >= 15 is 0 Å². The van der Waals surface area contributed by atoms with Crippen LogP contribution in [0.15, 0.2) is 22.5 Å². The summed E-state index contributed by atoms with van der Waals surface area (Å²) in [5.41, 5.74) is 1.52. The van der Waals surface area contributed by atoms with E-state index < -0.39 is 10.0 Å². The molecule has 4 heterocycles. The summed E-state index contributed by atoms with van der Waals surface area (Å²) in [7, 11) is -3.71. The molecule has 1 atom stereocenters. The Hall–Kier alpha value is -1.75. The van der Waals surface area contributed by atoms with E-state index in [1.165, 1.54) is 11.3 Å². The Bertz CT molecular complexity index is 986. The maximum Gasteiger partial charge on any atom is 0.242 e. The molecule has 0 spiro atoms. The number of aromatic nitrogens is 2. The number of sulfonamides is 1. The minimum absolute atomic E-state index is 0.0103. The van der Waals surface area contributed by atoms with E-state index in [-0.39, 0.29) is 30.0 Å². The van der Waals surface area contributed by atoms with Crippen molar-refractivity contribution in [2.45, 2.75) is 56.6 Å². The van der Waals surface area contributed by atoms with Gasteiger partial charge in [-0.15, -0.1) is 11.3 Å². The predicted molar refractivity (Wildman–Crippen MR) is 115 cm³/mol. The van der Waals surface area contributed by atoms with Crippen molar-refractivity contribution in [1.82, 2.24) is 19.2 Å². The van der Waals surface area contributed by atoms with Gasteiger partial charge in [-0.25, -0.2) is 18.1 Å². The maximum absolute atomic E-state index is 12.9. The largest absolute Gasteiger partial charge is 0.377 e. The van der Waals surface area contributed by atoms with Gasteiger partial charge in [0.05, 0.1) is 11.8 Å². The summed E-state index contributed by atoms with van der Waals surface area (Å²) in [6.07, 6.45) is 6.46. The van der Waals surface area contributed by atoms with Crippen LogP contribution in [0.2, 0.25) is 0 Å². The van der Waals surface area contributed by atoms with Crippen LogP contribution >= 0.6 is 11.3 Å². The van der Waals surface area contributed by atoms with Crippen molar-refractivity contribution in [3.8, 4) is 10.7 Å². The number of aryl methyl sites for hydroxylation is 1. The van der Waals surface area contributed by atoms with Gasteiger partial charge in [-0.3, -0.25) is 4.79 Å². The van der Waals surface area contributed by atoms with Gasteiger partial charge in [0.1, 0.15) is 16.4 Å². The van der Waals surface area contributed by atoms with Crippen LogP contribution < -0.4 is 4.72 Å². The minimum Gasteiger partial charge on any atom is -0.377 e. The highest BCUT2D eigenvalue weighted by atomic mass is 32.2. The highest BCUT2D eigenvalue weighted by Crippen LogP contribution is 2.28. The van der Waals surface area contributed by atoms with Crippen LogP contribution in [-0.4, -0.2) is 61.1 Å². The Balaban J connectivity index is 1.57. The van der Waals surface area contributed by atoms with Gasteiger partial charge >= 0.3 is 0 Å². The molecule has 2 fully saturated rings. The van der Waals surface area contributed by atoms with Gasteiger partial charge < -0.3 is 14.2 Å². The smallest absolute Gasteiger partial charge is 0.242 e. The second-order valence-electron chi connectivity index (χ2n) is 7.91. The zero-order valence-corrected chi connectivity index (χ0v) is 18.8. The van der Waals surface area contributed by atoms with Gasteiger partial charge in [0.25, 0.3) is 0 Å². The third-order valence-corrected chi connectivity index (χ3v) is 7.93. The second-order valence-corrected chi connectivity index (χ2v) is 10.5. The highest BCUT2D eigenvalue weighted by molar-refractivity contribution is 7.89. The van der Waals surface area contributed by atoms with Crippen LogP contribution in [0, 0.1) is 6.92 Å². The summed E-state index contributed by atoms with van der Waals surface area (Å²) < 4.78 is 35.7. The minimum atomic E-state index is -3.71. The van der Waals surface area contributed by atoms with Crippen LogP contribution in [0.3, 0.4) is 0 Å². The number of carbonyl (C=O) groups excluding carboxylic acids is 1. The summed E-state index contributed by atoms with van der Waals surface area (Å²) in [6.45, 7) is 4.46. The molecule has 2 aliphatic rings. The molecule has 164 valence electrons. The van der Waals surface area contributed by atoms with Crippen LogP contribution in [0.5, 0.6) is 0 Å². The first kappa shape index (κ1) is 21.5. The number of thiazole rings is 1. The first-order valence-corrected chi connectivity index (χ1v) is 12.8. The quantitative estimate of drug-likeness (QED) is 0.696. The molecule has 0 aromatic carbocycles. The Labute approximate surface area is 181 Å². The summed E-state index contributed by atoms with van der Waals surface area (Å²) in [5, 5.41) is 2.63. The number of rotatable bonds is 7. The topological polar surface area (TPSA) is 93.5 Å². The summed E-state index contributed by atoms with van der Waals surface area (Å²) in [5.74, 6) is 0.0103. The molecular formula is C20H28N4O4S2. The number of nitrogens with one attached hydrogen (secondary N) is 1. The Morgan fingerprint density at radius 3 is 2.77 bits per heavy atom. The van der Waals surface area contributed by atoms with E-state index in [9.17, 15) is 13.2 Å². The molecule has 0 aliphatic carbocycles. The second kappa shape index (κ2) is 9.17. The number of nitrogens with zero attached hydrogens (tertiary/aromatic N) is 3. The van der Waals surface area contributed by atoms with Crippen molar-refractivity contribution in [2.24, 2.45) is 0 Å². The van der Waals surface area contributed by atoms with Crippen molar-refractivity contribution in [2.75, 3.05) is 26.2 Å². The maximum atomic E-state index is 12.9. The van der Waals surface area contributed by atoms with Crippen molar-refractivity contribution < 1.29 is 17.9 Å². The van der Waals surface area contributed by atoms with Gasteiger partial charge in [0, 0.05) is 43.5 Å².